The van der Waals surface area contributed by atoms with E-state index in [0.29, 0.717) is 0 Å². The summed E-state index contributed by atoms with van der Waals surface area (Å²) in [5.74, 6) is 0.109. The molecular formula is C15H21NO. The van der Waals surface area contributed by atoms with Crippen molar-refractivity contribution in [2.24, 2.45) is 5.41 Å². The van der Waals surface area contributed by atoms with Crippen LogP contribution in [0.25, 0.3) is 0 Å². The zero-order chi connectivity index (χ0) is 12.5. The van der Waals surface area contributed by atoms with E-state index in [9.17, 15) is 4.79 Å². The molecule has 0 bridgehead atoms. The van der Waals surface area contributed by atoms with Gasteiger partial charge in [0.15, 0.2) is 0 Å². The Morgan fingerprint density at radius 2 is 2.00 bits per heavy atom. The first-order chi connectivity index (χ1) is 8.03. The maximum absolute atomic E-state index is 12.1. The second-order valence-corrected chi connectivity index (χ2v) is 5.53. The molecule has 0 unspecified atom stereocenters. The normalized spacial score (nSPS) is 14.5. The summed E-state index contributed by atoms with van der Waals surface area (Å²) in [5, 5.41) is 3.02. The van der Waals surface area contributed by atoms with Crippen LogP contribution in [0.3, 0.4) is 0 Å². The number of aryl methyl sites for hydroxylation is 2. The highest BCUT2D eigenvalue weighted by Crippen LogP contribution is 2.27. The van der Waals surface area contributed by atoms with E-state index >= 15 is 0 Å². The number of hydrogen-bond acceptors (Lipinski definition) is 1. The molecule has 0 aromatic heterocycles. The van der Waals surface area contributed by atoms with E-state index in [1.54, 1.807) is 0 Å². The quantitative estimate of drug-likeness (QED) is 0.847. The number of rotatable bonds is 3. The molecule has 1 N–H and O–H groups in total. The first-order valence-corrected chi connectivity index (χ1v) is 6.46. The number of hydrogen-bond donors (Lipinski definition) is 1. The average Bonchev–Trinajstić information content (AvgIpc) is 2.76. The van der Waals surface area contributed by atoms with Crippen LogP contribution in [0.5, 0.6) is 0 Å². The van der Waals surface area contributed by atoms with Crippen molar-refractivity contribution in [3.63, 3.8) is 0 Å². The van der Waals surface area contributed by atoms with Crippen LogP contribution < -0.4 is 5.32 Å². The van der Waals surface area contributed by atoms with Crippen molar-refractivity contribution in [2.45, 2.75) is 46.5 Å². The molecule has 1 aromatic carbocycles. The second kappa shape index (κ2) is 4.52. The number of carbonyl (C=O) groups is 1. The lowest BCUT2D eigenvalue weighted by molar-refractivity contribution is -0.124. The van der Waals surface area contributed by atoms with E-state index in [4.69, 9.17) is 0 Å². The van der Waals surface area contributed by atoms with Gasteiger partial charge in [0.05, 0.1) is 0 Å². The predicted molar refractivity (Wildman–Crippen MR) is 71.2 cm³/mol. The number of nitrogens with one attached hydrogen (secondary N) is 1. The highest BCUT2D eigenvalue weighted by Gasteiger charge is 2.25. The van der Waals surface area contributed by atoms with Crippen molar-refractivity contribution < 1.29 is 4.79 Å². The maximum Gasteiger partial charge on any atom is 0.230 e. The lowest BCUT2D eigenvalue weighted by Crippen LogP contribution is -2.30. The minimum atomic E-state index is -0.293. The Labute approximate surface area is 103 Å². The van der Waals surface area contributed by atoms with E-state index in [1.165, 1.54) is 24.0 Å². The number of fused-ring (bicyclic) bond motifs is 1. The Morgan fingerprint density at radius 1 is 1.29 bits per heavy atom. The lowest BCUT2D eigenvalue weighted by atomic mass is 9.89. The molecule has 2 heteroatoms. The molecule has 0 radical (unpaired) electrons. The van der Waals surface area contributed by atoms with E-state index < -0.39 is 0 Å². The van der Waals surface area contributed by atoms with E-state index in [1.807, 2.05) is 26.8 Å². The topological polar surface area (TPSA) is 29.1 Å². The summed E-state index contributed by atoms with van der Waals surface area (Å²) in [6.07, 6.45) is 4.43. The zero-order valence-corrected chi connectivity index (χ0v) is 11.0. The van der Waals surface area contributed by atoms with Crippen LogP contribution in [0, 0.1) is 5.41 Å². The van der Waals surface area contributed by atoms with Crippen molar-refractivity contribution in [1.82, 2.24) is 0 Å². The molecule has 0 saturated heterocycles. The van der Waals surface area contributed by atoms with Crippen LogP contribution in [-0.2, 0) is 17.6 Å². The van der Waals surface area contributed by atoms with Crippen LogP contribution in [0.1, 0.15) is 44.7 Å². The molecular weight excluding hydrogens is 210 g/mol. The molecule has 0 fully saturated rings. The predicted octanol–water partition coefficient (Wildman–Crippen LogP) is 3.55. The van der Waals surface area contributed by atoms with Gasteiger partial charge >= 0.3 is 0 Å². The van der Waals surface area contributed by atoms with Crippen molar-refractivity contribution >= 4 is 11.6 Å². The molecule has 92 valence electrons. The Balaban J connectivity index is 2.12. The molecule has 17 heavy (non-hydrogen) atoms. The van der Waals surface area contributed by atoms with Gasteiger partial charge in [0.2, 0.25) is 5.91 Å². The number of benzene rings is 1. The molecule has 2 rings (SSSR count). The van der Waals surface area contributed by atoms with Gasteiger partial charge in [-0.15, -0.1) is 0 Å². The second-order valence-electron chi connectivity index (χ2n) is 5.53. The largest absolute Gasteiger partial charge is 0.326 e. The Bertz CT molecular complexity index is 435. The standard InChI is InChI=1S/C15H21NO/c1-4-15(2,3)14(17)16-13-9-8-11-6-5-7-12(11)10-13/h8-10H,4-7H2,1-3H3,(H,16,17). The van der Waals surface area contributed by atoms with Gasteiger partial charge in [0, 0.05) is 11.1 Å². The first kappa shape index (κ1) is 12.2. The maximum atomic E-state index is 12.1. The van der Waals surface area contributed by atoms with E-state index in [2.05, 4.69) is 17.4 Å². The van der Waals surface area contributed by atoms with Gasteiger partial charge in [-0.3, -0.25) is 4.79 Å². The van der Waals surface area contributed by atoms with Gasteiger partial charge in [0.1, 0.15) is 0 Å². The third-order valence-electron chi connectivity index (χ3n) is 3.85. The summed E-state index contributed by atoms with van der Waals surface area (Å²) < 4.78 is 0. The molecule has 1 amide bonds. The average molecular weight is 231 g/mol. The summed E-state index contributed by atoms with van der Waals surface area (Å²) in [6.45, 7) is 6.01. The number of amides is 1. The lowest BCUT2D eigenvalue weighted by Gasteiger charge is -2.21. The van der Waals surface area contributed by atoms with Crippen molar-refractivity contribution in [1.29, 1.82) is 0 Å². The minimum Gasteiger partial charge on any atom is -0.326 e. The molecule has 0 aliphatic heterocycles. The van der Waals surface area contributed by atoms with Crippen LogP contribution in [0.4, 0.5) is 5.69 Å². The van der Waals surface area contributed by atoms with E-state index in [0.717, 1.165) is 18.5 Å². The van der Waals surface area contributed by atoms with Crippen LogP contribution in [-0.4, -0.2) is 5.91 Å². The molecule has 1 aromatic rings. The Hall–Kier alpha value is -1.31. The van der Waals surface area contributed by atoms with Crippen LogP contribution >= 0.6 is 0 Å². The van der Waals surface area contributed by atoms with Crippen LogP contribution in [0.2, 0.25) is 0 Å². The summed E-state index contributed by atoms with van der Waals surface area (Å²) in [4.78, 5) is 12.1. The zero-order valence-electron chi connectivity index (χ0n) is 11.0. The molecule has 0 heterocycles. The summed E-state index contributed by atoms with van der Waals surface area (Å²) >= 11 is 0. The van der Waals surface area contributed by atoms with Gasteiger partial charge in [-0.05, 0) is 48.9 Å². The number of carbonyl (C=O) groups excluding carboxylic acids is 1. The van der Waals surface area contributed by atoms with Crippen molar-refractivity contribution in [3.05, 3.63) is 29.3 Å². The fraction of sp³-hybridized carbons (Fsp3) is 0.533. The molecule has 1 aliphatic rings. The number of anilines is 1. The summed E-state index contributed by atoms with van der Waals surface area (Å²) in [5.41, 5.74) is 3.49. The first-order valence-electron chi connectivity index (χ1n) is 6.46. The minimum absolute atomic E-state index is 0.109. The van der Waals surface area contributed by atoms with Gasteiger partial charge in [-0.2, -0.15) is 0 Å². The third kappa shape index (κ3) is 2.51. The van der Waals surface area contributed by atoms with Gasteiger partial charge in [0.25, 0.3) is 0 Å². The summed E-state index contributed by atoms with van der Waals surface area (Å²) in [7, 11) is 0. The van der Waals surface area contributed by atoms with E-state index in [-0.39, 0.29) is 11.3 Å². The van der Waals surface area contributed by atoms with Crippen molar-refractivity contribution in [2.75, 3.05) is 5.32 Å². The SMILES string of the molecule is CCC(C)(C)C(=O)Nc1ccc2c(c1)CCC2. The van der Waals surface area contributed by atoms with Gasteiger partial charge in [-0.1, -0.05) is 26.8 Å². The van der Waals surface area contributed by atoms with Crippen molar-refractivity contribution in [3.8, 4) is 0 Å². The molecule has 0 spiro atoms. The molecule has 1 aliphatic carbocycles. The fourth-order valence-electron chi connectivity index (χ4n) is 2.11. The smallest absolute Gasteiger partial charge is 0.230 e. The third-order valence-corrected chi connectivity index (χ3v) is 3.85. The highest BCUT2D eigenvalue weighted by atomic mass is 16.2. The molecule has 0 saturated carbocycles. The van der Waals surface area contributed by atoms with Gasteiger partial charge in [-0.25, -0.2) is 0 Å². The highest BCUT2D eigenvalue weighted by molar-refractivity contribution is 5.94. The monoisotopic (exact) mass is 231 g/mol. The summed E-state index contributed by atoms with van der Waals surface area (Å²) in [6, 6.07) is 6.30. The Kier molecular flexibility index (Phi) is 3.23. The molecule has 0 atom stereocenters. The Morgan fingerprint density at radius 3 is 2.71 bits per heavy atom. The fourth-order valence-corrected chi connectivity index (χ4v) is 2.11. The van der Waals surface area contributed by atoms with Crippen LogP contribution in [0.15, 0.2) is 18.2 Å². The van der Waals surface area contributed by atoms with Gasteiger partial charge < -0.3 is 5.32 Å². The molecule has 2 nitrogen and oxygen atoms in total.